The predicted molar refractivity (Wildman–Crippen MR) is 65.6 cm³/mol. The van der Waals surface area contributed by atoms with Crippen LogP contribution in [-0.4, -0.2) is 4.57 Å². The van der Waals surface area contributed by atoms with E-state index in [0.29, 0.717) is 5.69 Å². The van der Waals surface area contributed by atoms with Gasteiger partial charge in [0.1, 0.15) is 11.6 Å². The number of rotatable bonds is 2. The zero-order valence-corrected chi connectivity index (χ0v) is 10.2. The Morgan fingerprint density at radius 3 is 2.68 bits per heavy atom. The maximum atomic E-state index is 13.6. The highest BCUT2D eigenvalue weighted by atomic mass is 19.2. The second kappa shape index (κ2) is 5.02. The smallest absolute Gasteiger partial charge is 0.268 e. The summed E-state index contributed by atoms with van der Waals surface area (Å²) in [6.07, 6.45) is 0. The molecule has 1 aromatic heterocycles. The summed E-state index contributed by atoms with van der Waals surface area (Å²) in [6, 6.07) is 8.58. The van der Waals surface area contributed by atoms with Gasteiger partial charge in [0, 0.05) is 11.3 Å². The highest BCUT2D eigenvalue weighted by Crippen LogP contribution is 2.13. The van der Waals surface area contributed by atoms with Crippen LogP contribution < -0.4 is 5.56 Å². The maximum Gasteiger partial charge on any atom is 0.268 e. The molecule has 0 aliphatic heterocycles. The van der Waals surface area contributed by atoms with E-state index in [2.05, 4.69) is 0 Å². The number of aryl methyl sites for hydroxylation is 1. The summed E-state index contributed by atoms with van der Waals surface area (Å²) < 4.78 is 27.9. The minimum absolute atomic E-state index is 0.0255. The fourth-order valence-corrected chi connectivity index (χ4v) is 1.79. The Morgan fingerprint density at radius 1 is 1.26 bits per heavy atom. The van der Waals surface area contributed by atoms with Gasteiger partial charge < -0.3 is 4.57 Å². The number of aromatic nitrogens is 1. The van der Waals surface area contributed by atoms with Crippen molar-refractivity contribution in [2.45, 2.75) is 13.5 Å². The highest BCUT2D eigenvalue weighted by Gasteiger charge is 2.11. The van der Waals surface area contributed by atoms with Gasteiger partial charge in [-0.2, -0.15) is 5.26 Å². The molecule has 5 heteroatoms. The standard InChI is InChI=1S/C14H10F2N2O/c1-9-5-6-10(7-17)14(19)18(9)8-11-3-2-4-12(15)13(11)16/h2-6H,8H2,1H3. The molecule has 0 aliphatic rings. The molecule has 2 aromatic rings. The third-order valence-corrected chi connectivity index (χ3v) is 2.87. The van der Waals surface area contributed by atoms with E-state index in [1.165, 1.54) is 22.8 Å². The van der Waals surface area contributed by atoms with Crippen LogP contribution in [0.25, 0.3) is 0 Å². The van der Waals surface area contributed by atoms with Gasteiger partial charge in [0.25, 0.3) is 5.56 Å². The van der Waals surface area contributed by atoms with Crippen LogP contribution in [0.5, 0.6) is 0 Å². The van der Waals surface area contributed by atoms with E-state index in [0.717, 1.165) is 6.07 Å². The highest BCUT2D eigenvalue weighted by molar-refractivity contribution is 5.28. The molecule has 96 valence electrons. The molecule has 3 nitrogen and oxygen atoms in total. The van der Waals surface area contributed by atoms with Crippen molar-refractivity contribution in [3.05, 3.63) is 69.1 Å². The van der Waals surface area contributed by atoms with Crippen LogP contribution in [0.4, 0.5) is 8.78 Å². The molecule has 0 amide bonds. The van der Waals surface area contributed by atoms with Gasteiger partial charge in [0.2, 0.25) is 0 Å². The van der Waals surface area contributed by atoms with E-state index >= 15 is 0 Å². The fourth-order valence-electron chi connectivity index (χ4n) is 1.79. The van der Waals surface area contributed by atoms with Gasteiger partial charge in [-0.3, -0.25) is 4.79 Å². The molecule has 0 N–H and O–H groups in total. The molecule has 0 spiro atoms. The first-order chi connectivity index (χ1) is 9.04. The van der Waals surface area contributed by atoms with E-state index in [1.54, 1.807) is 19.1 Å². The van der Waals surface area contributed by atoms with E-state index in [4.69, 9.17) is 5.26 Å². The molecule has 19 heavy (non-hydrogen) atoms. The predicted octanol–water partition coefficient (Wildman–Crippen LogP) is 2.35. The largest absolute Gasteiger partial charge is 0.307 e. The Morgan fingerprint density at radius 2 is 2.00 bits per heavy atom. The third-order valence-electron chi connectivity index (χ3n) is 2.87. The van der Waals surface area contributed by atoms with Crippen molar-refractivity contribution in [1.29, 1.82) is 5.26 Å². The van der Waals surface area contributed by atoms with E-state index < -0.39 is 17.2 Å². The van der Waals surface area contributed by atoms with Crippen molar-refractivity contribution < 1.29 is 8.78 Å². The van der Waals surface area contributed by atoms with Gasteiger partial charge in [0.15, 0.2) is 11.6 Å². The Hall–Kier alpha value is -2.48. The van der Waals surface area contributed by atoms with E-state index in [-0.39, 0.29) is 17.7 Å². The third kappa shape index (κ3) is 2.38. The van der Waals surface area contributed by atoms with Crippen molar-refractivity contribution >= 4 is 0 Å². The van der Waals surface area contributed by atoms with Gasteiger partial charge in [0.05, 0.1) is 6.54 Å². The Bertz CT molecular complexity index is 729. The van der Waals surface area contributed by atoms with Gasteiger partial charge in [-0.25, -0.2) is 8.78 Å². The van der Waals surface area contributed by atoms with Crippen molar-refractivity contribution in [1.82, 2.24) is 4.57 Å². The normalized spacial score (nSPS) is 10.2. The summed E-state index contributed by atoms with van der Waals surface area (Å²) >= 11 is 0. The second-order valence-electron chi connectivity index (χ2n) is 4.10. The minimum atomic E-state index is -0.976. The molecule has 1 aromatic carbocycles. The van der Waals surface area contributed by atoms with Crippen molar-refractivity contribution in [3.63, 3.8) is 0 Å². The first-order valence-electron chi connectivity index (χ1n) is 5.58. The second-order valence-corrected chi connectivity index (χ2v) is 4.10. The lowest BCUT2D eigenvalue weighted by Gasteiger charge is -2.11. The van der Waals surface area contributed by atoms with Gasteiger partial charge in [-0.15, -0.1) is 0 Å². The van der Waals surface area contributed by atoms with E-state index in [1.807, 2.05) is 0 Å². The molecule has 2 rings (SSSR count). The van der Waals surface area contributed by atoms with E-state index in [9.17, 15) is 13.6 Å². The summed E-state index contributed by atoms with van der Waals surface area (Å²) in [7, 11) is 0. The molecule has 0 bridgehead atoms. The van der Waals surface area contributed by atoms with Crippen LogP contribution in [0.3, 0.4) is 0 Å². The summed E-state index contributed by atoms with van der Waals surface area (Å²) in [6.45, 7) is 1.56. The van der Waals surface area contributed by atoms with Crippen molar-refractivity contribution in [2.24, 2.45) is 0 Å². The summed E-state index contributed by atoms with van der Waals surface area (Å²) in [5.74, 6) is -1.93. The van der Waals surface area contributed by atoms with Crippen LogP contribution >= 0.6 is 0 Å². The van der Waals surface area contributed by atoms with Crippen LogP contribution in [0.2, 0.25) is 0 Å². The van der Waals surface area contributed by atoms with Crippen molar-refractivity contribution in [2.75, 3.05) is 0 Å². The molecule has 0 saturated heterocycles. The lowest BCUT2D eigenvalue weighted by Crippen LogP contribution is -2.25. The monoisotopic (exact) mass is 260 g/mol. The lowest BCUT2D eigenvalue weighted by molar-refractivity contribution is 0.493. The summed E-state index contributed by atoms with van der Waals surface area (Å²) in [5, 5.41) is 8.80. The number of halogens is 2. The lowest BCUT2D eigenvalue weighted by atomic mass is 10.2. The van der Waals surface area contributed by atoms with Crippen LogP contribution in [0.15, 0.2) is 35.1 Å². The number of hydrogen-bond donors (Lipinski definition) is 0. The quantitative estimate of drug-likeness (QED) is 0.832. The van der Waals surface area contributed by atoms with Gasteiger partial charge >= 0.3 is 0 Å². The van der Waals surface area contributed by atoms with Crippen LogP contribution in [0, 0.1) is 29.9 Å². The first-order valence-corrected chi connectivity index (χ1v) is 5.58. The molecule has 0 atom stereocenters. The molecule has 0 saturated carbocycles. The molecule has 0 radical (unpaired) electrons. The molecule has 0 aliphatic carbocycles. The zero-order chi connectivity index (χ0) is 14.0. The average Bonchev–Trinajstić information content (AvgIpc) is 2.39. The minimum Gasteiger partial charge on any atom is -0.307 e. The zero-order valence-electron chi connectivity index (χ0n) is 10.2. The molecule has 1 heterocycles. The number of nitriles is 1. The summed E-state index contributed by atoms with van der Waals surface area (Å²) in [4.78, 5) is 11.9. The Labute approximate surface area is 108 Å². The van der Waals surface area contributed by atoms with Crippen molar-refractivity contribution in [3.8, 4) is 6.07 Å². The molecule has 0 fully saturated rings. The SMILES string of the molecule is Cc1ccc(C#N)c(=O)n1Cc1cccc(F)c1F. The van der Waals surface area contributed by atoms with Gasteiger partial charge in [-0.1, -0.05) is 12.1 Å². The molecular formula is C14H10F2N2O. The Balaban J connectivity index is 2.53. The number of benzene rings is 1. The molecule has 0 unspecified atom stereocenters. The average molecular weight is 260 g/mol. The molecular weight excluding hydrogens is 250 g/mol. The fraction of sp³-hybridized carbons (Fsp3) is 0.143. The number of pyridine rings is 1. The number of hydrogen-bond acceptors (Lipinski definition) is 2. The first kappa shape index (κ1) is 13.0. The number of nitrogens with zero attached hydrogens (tertiary/aromatic N) is 2. The maximum absolute atomic E-state index is 13.6. The van der Waals surface area contributed by atoms with Crippen LogP contribution in [-0.2, 0) is 6.54 Å². The topological polar surface area (TPSA) is 45.8 Å². The van der Waals surface area contributed by atoms with Crippen LogP contribution in [0.1, 0.15) is 16.8 Å². The summed E-state index contributed by atoms with van der Waals surface area (Å²) in [5.41, 5.74) is 0.113. The Kier molecular flexibility index (Phi) is 3.43. The van der Waals surface area contributed by atoms with Gasteiger partial charge in [-0.05, 0) is 25.1 Å².